The average molecular weight is 372 g/mol. The molecule has 0 spiro atoms. The molecule has 2 aromatic carbocycles. The van der Waals surface area contributed by atoms with Crippen LogP contribution in [0.3, 0.4) is 0 Å². The Balaban J connectivity index is 1.80. The second-order valence-electron chi connectivity index (χ2n) is 6.78. The Kier molecular flexibility index (Phi) is 4.70. The van der Waals surface area contributed by atoms with Crippen molar-refractivity contribution in [1.29, 1.82) is 0 Å². The van der Waals surface area contributed by atoms with Gasteiger partial charge in [-0.15, -0.1) is 0 Å². The zero-order valence-corrected chi connectivity index (χ0v) is 15.6. The molecule has 138 valence electrons. The van der Waals surface area contributed by atoms with Crippen LogP contribution in [0.1, 0.15) is 11.4 Å². The van der Waals surface area contributed by atoms with Gasteiger partial charge in [-0.3, -0.25) is 9.97 Å². The molecule has 2 aromatic heterocycles. The average Bonchev–Trinajstić information content (AvgIpc) is 2.68. The van der Waals surface area contributed by atoms with Crippen LogP contribution in [0.25, 0.3) is 33.6 Å². The van der Waals surface area contributed by atoms with Crippen LogP contribution in [-0.4, -0.2) is 9.97 Å². The molecule has 0 aliphatic heterocycles. The van der Waals surface area contributed by atoms with E-state index in [2.05, 4.69) is 9.97 Å². The van der Waals surface area contributed by atoms with Crippen LogP contribution in [-0.2, 0) is 0 Å². The van der Waals surface area contributed by atoms with Crippen molar-refractivity contribution in [1.82, 2.24) is 9.97 Å². The van der Waals surface area contributed by atoms with Crippen LogP contribution >= 0.6 is 0 Å². The molecular formula is C24H18F2N2. The number of nitrogens with zero attached hydrogens (tertiary/aromatic N) is 2. The summed E-state index contributed by atoms with van der Waals surface area (Å²) in [7, 11) is 0. The summed E-state index contributed by atoms with van der Waals surface area (Å²) < 4.78 is 26.5. The van der Waals surface area contributed by atoms with Crippen molar-refractivity contribution in [3.63, 3.8) is 0 Å². The van der Waals surface area contributed by atoms with E-state index < -0.39 is 0 Å². The van der Waals surface area contributed by atoms with E-state index >= 15 is 0 Å². The molecule has 0 amide bonds. The summed E-state index contributed by atoms with van der Waals surface area (Å²) in [5, 5.41) is 0. The Labute approximate surface area is 162 Å². The number of hydrogen-bond acceptors (Lipinski definition) is 2. The first-order valence-electron chi connectivity index (χ1n) is 8.97. The molecule has 4 aromatic rings. The minimum Gasteiger partial charge on any atom is -0.251 e. The van der Waals surface area contributed by atoms with E-state index in [1.807, 2.05) is 38.1 Å². The van der Waals surface area contributed by atoms with E-state index in [1.165, 1.54) is 24.3 Å². The van der Waals surface area contributed by atoms with Crippen molar-refractivity contribution < 1.29 is 8.78 Å². The van der Waals surface area contributed by atoms with Crippen molar-refractivity contribution in [3.05, 3.63) is 95.8 Å². The van der Waals surface area contributed by atoms with Gasteiger partial charge in [-0.25, -0.2) is 8.78 Å². The van der Waals surface area contributed by atoms with E-state index in [0.717, 1.165) is 45.0 Å². The number of benzene rings is 2. The van der Waals surface area contributed by atoms with E-state index in [-0.39, 0.29) is 11.6 Å². The molecule has 28 heavy (non-hydrogen) atoms. The number of rotatable bonds is 3. The number of hydrogen-bond donors (Lipinski definition) is 0. The monoisotopic (exact) mass is 372 g/mol. The molecule has 2 heterocycles. The molecule has 0 aliphatic rings. The Morgan fingerprint density at radius 2 is 0.857 bits per heavy atom. The highest BCUT2D eigenvalue weighted by Gasteiger charge is 2.10. The maximum atomic E-state index is 13.3. The first-order chi connectivity index (χ1) is 13.5. The molecule has 4 heteroatoms. The van der Waals surface area contributed by atoms with E-state index in [9.17, 15) is 8.78 Å². The molecule has 0 unspecified atom stereocenters. The molecule has 0 atom stereocenters. The molecule has 0 bridgehead atoms. The van der Waals surface area contributed by atoms with Gasteiger partial charge in [0, 0.05) is 11.4 Å². The lowest BCUT2D eigenvalue weighted by molar-refractivity contribution is 0.627. The summed E-state index contributed by atoms with van der Waals surface area (Å²) in [4.78, 5) is 9.28. The van der Waals surface area contributed by atoms with Crippen molar-refractivity contribution in [2.75, 3.05) is 0 Å². The highest BCUT2D eigenvalue weighted by molar-refractivity contribution is 5.73. The Morgan fingerprint density at radius 1 is 0.500 bits per heavy atom. The predicted octanol–water partition coefficient (Wildman–Crippen LogP) is 6.37. The lowest BCUT2D eigenvalue weighted by Gasteiger charge is -2.10. The molecular weight excluding hydrogens is 354 g/mol. The quantitative estimate of drug-likeness (QED) is 0.417. The van der Waals surface area contributed by atoms with Gasteiger partial charge in [0.05, 0.1) is 11.4 Å². The minimum absolute atomic E-state index is 0.265. The lowest BCUT2D eigenvalue weighted by atomic mass is 10.0. The van der Waals surface area contributed by atoms with E-state index in [0.29, 0.717) is 0 Å². The zero-order valence-electron chi connectivity index (χ0n) is 15.6. The lowest BCUT2D eigenvalue weighted by Crippen LogP contribution is -1.95. The molecule has 0 saturated heterocycles. The minimum atomic E-state index is -0.265. The van der Waals surface area contributed by atoms with Gasteiger partial charge in [0.1, 0.15) is 11.6 Å². The van der Waals surface area contributed by atoms with Crippen molar-refractivity contribution in [2.45, 2.75) is 13.8 Å². The molecule has 0 radical (unpaired) electrons. The van der Waals surface area contributed by atoms with Crippen molar-refractivity contribution in [3.8, 4) is 33.6 Å². The first-order valence-corrected chi connectivity index (χ1v) is 8.97. The largest absolute Gasteiger partial charge is 0.251 e. The summed E-state index contributed by atoms with van der Waals surface area (Å²) in [6.07, 6.45) is 0. The molecule has 0 saturated carbocycles. The van der Waals surface area contributed by atoms with Gasteiger partial charge < -0.3 is 0 Å². The summed E-state index contributed by atoms with van der Waals surface area (Å²) in [6.45, 7) is 3.85. The third-order valence-electron chi connectivity index (χ3n) is 4.52. The summed E-state index contributed by atoms with van der Waals surface area (Å²) in [6, 6.07) is 20.6. The van der Waals surface area contributed by atoms with Crippen molar-refractivity contribution >= 4 is 0 Å². The van der Waals surface area contributed by atoms with Crippen LogP contribution in [0, 0.1) is 25.5 Å². The number of aromatic nitrogens is 2. The van der Waals surface area contributed by atoms with Gasteiger partial charge in [0.25, 0.3) is 0 Å². The second-order valence-corrected chi connectivity index (χ2v) is 6.78. The third kappa shape index (κ3) is 3.81. The van der Waals surface area contributed by atoms with Gasteiger partial charge in [-0.05, 0) is 84.6 Å². The van der Waals surface area contributed by atoms with Crippen molar-refractivity contribution in [2.24, 2.45) is 0 Å². The fourth-order valence-corrected chi connectivity index (χ4v) is 3.22. The van der Waals surface area contributed by atoms with Gasteiger partial charge in [-0.2, -0.15) is 0 Å². The van der Waals surface area contributed by atoms with Crippen LogP contribution < -0.4 is 0 Å². The summed E-state index contributed by atoms with van der Waals surface area (Å²) in [5.74, 6) is -0.530. The third-order valence-corrected chi connectivity index (χ3v) is 4.52. The fourth-order valence-electron chi connectivity index (χ4n) is 3.22. The molecule has 0 fully saturated rings. The SMILES string of the molecule is Cc1cc(-c2ccc(F)cc2)cc(-c2cc(-c3ccc(F)cc3)cc(C)n2)n1. The molecule has 0 aliphatic carbocycles. The molecule has 0 N–H and O–H groups in total. The summed E-state index contributed by atoms with van der Waals surface area (Å²) in [5.41, 5.74) is 6.92. The van der Waals surface area contributed by atoms with Crippen LogP contribution in [0.2, 0.25) is 0 Å². The van der Waals surface area contributed by atoms with Gasteiger partial charge in [-0.1, -0.05) is 24.3 Å². The van der Waals surface area contributed by atoms with Gasteiger partial charge in [0.2, 0.25) is 0 Å². The maximum absolute atomic E-state index is 13.3. The van der Waals surface area contributed by atoms with Crippen LogP contribution in [0.4, 0.5) is 8.78 Å². The molecule has 2 nitrogen and oxygen atoms in total. The van der Waals surface area contributed by atoms with E-state index in [1.54, 1.807) is 24.3 Å². The Morgan fingerprint density at radius 3 is 1.21 bits per heavy atom. The zero-order chi connectivity index (χ0) is 19.7. The van der Waals surface area contributed by atoms with Crippen LogP contribution in [0.15, 0.2) is 72.8 Å². The summed E-state index contributed by atoms with van der Waals surface area (Å²) >= 11 is 0. The maximum Gasteiger partial charge on any atom is 0.123 e. The Hall–Kier alpha value is -3.40. The predicted molar refractivity (Wildman–Crippen MR) is 108 cm³/mol. The number of pyridine rings is 2. The first kappa shape index (κ1) is 18.0. The number of aryl methyl sites for hydroxylation is 2. The molecule has 4 rings (SSSR count). The van der Waals surface area contributed by atoms with E-state index in [4.69, 9.17) is 0 Å². The highest BCUT2D eigenvalue weighted by atomic mass is 19.1. The van der Waals surface area contributed by atoms with Crippen LogP contribution in [0.5, 0.6) is 0 Å². The topological polar surface area (TPSA) is 25.8 Å². The second kappa shape index (κ2) is 7.31. The highest BCUT2D eigenvalue weighted by Crippen LogP contribution is 2.29. The standard InChI is InChI=1S/C24H18F2N2/c1-15-11-19(17-3-7-21(25)8-4-17)13-23(27-15)24-14-20(12-16(2)28-24)18-5-9-22(26)10-6-18/h3-14H,1-2H3. The van der Waals surface area contributed by atoms with Gasteiger partial charge >= 0.3 is 0 Å². The Bertz CT molecular complexity index is 1040. The van der Waals surface area contributed by atoms with Gasteiger partial charge in [0.15, 0.2) is 0 Å². The number of halogens is 2. The fraction of sp³-hybridized carbons (Fsp3) is 0.0833. The smallest absolute Gasteiger partial charge is 0.123 e. The normalized spacial score (nSPS) is 10.9.